The number of benzene rings is 1. The smallest absolute Gasteiger partial charge is 0.308 e. The van der Waals surface area contributed by atoms with Crippen LogP contribution in [0.3, 0.4) is 0 Å². The lowest BCUT2D eigenvalue weighted by atomic mass is 10.2. The molecule has 0 aliphatic rings. The minimum absolute atomic E-state index is 0.0842. The van der Waals surface area contributed by atoms with Gasteiger partial charge in [-0.25, -0.2) is 9.78 Å². The lowest BCUT2D eigenvalue weighted by Crippen LogP contribution is -2.20. The van der Waals surface area contributed by atoms with Crippen molar-refractivity contribution < 1.29 is 9.72 Å². The summed E-state index contributed by atoms with van der Waals surface area (Å²) < 4.78 is 0. The molecule has 0 atom stereocenters. The summed E-state index contributed by atoms with van der Waals surface area (Å²) in [4.78, 5) is 25.7. The molecule has 1 heterocycles. The number of nitrogens with one attached hydrogen (secondary N) is 2. The van der Waals surface area contributed by atoms with Crippen LogP contribution in [0.4, 0.5) is 22.0 Å². The highest BCUT2D eigenvalue weighted by Crippen LogP contribution is 2.18. The number of hydrogen-bond donors (Lipinski definition) is 2. The van der Waals surface area contributed by atoms with Crippen LogP contribution in [-0.4, -0.2) is 15.9 Å². The molecular formula is C13H12N4O3. The molecule has 0 spiro atoms. The monoisotopic (exact) mass is 272 g/mol. The van der Waals surface area contributed by atoms with E-state index in [0.717, 1.165) is 6.20 Å². The maximum Gasteiger partial charge on any atom is 0.324 e. The van der Waals surface area contributed by atoms with Gasteiger partial charge in [0.1, 0.15) is 12.0 Å². The fourth-order valence-corrected chi connectivity index (χ4v) is 1.61. The van der Waals surface area contributed by atoms with Crippen LogP contribution in [0.25, 0.3) is 0 Å². The zero-order valence-corrected chi connectivity index (χ0v) is 10.7. The third-order valence-electron chi connectivity index (χ3n) is 2.55. The predicted molar refractivity (Wildman–Crippen MR) is 74.7 cm³/mol. The topological polar surface area (TPSA) is 97.2 Å². The van der Waals surface area contributed by atoms with E-state index in [0.29, 0.717) is 11.3 Å². The Labute approximate surface area is 114 Å². The molecule has 20 heavy (non-hydrogen) atoms. The van der Waals surface area contributed by atoms with Gasteiger partial charge in [-0.3, -0.25) is 15.4 Å². The molecule has 0 saturated carbocycles. The molecule has 102 valence electrons. The zero-order valence-electron chi connectivity index (χ0n) is 10.7. The number of pyridine rings is 1. The molecule has 0 bridgehead atoms. The Hall–Kier alpha value is -2.96. The van der Waals surface area contributed by atoms with Gasteiger partial charge in [0.15, 0.2) is 0 Å². The first-order valence-electron chi connectivity index (χ1n) is 5.80. The third kappa shape index (κ3) is 3.29. The number of carbonyl (C=O) groups excluding carboxylic acids is 1. The minimum Gasteiger partial charge on any atom is -0.308 e. The molecule has 2 N–H and O–H groups in total. The van der Waals surface area contributed by atoms with Gasteiger partial charge in [-0.1, -0.05) is 18.2 Å². The average molecular weight is 272 g/mol. The summed E-state index contributed by atoms with van der Waals surface area (Å²) in [5, 5.41) is 15.8. The lowest BCUT2D eigenvalue weighted by molar-refractivity contribution is -0.385. The van der Waals surface area contributed by atoms with Crippen LogP contribution in [0.5, 0.6) is 0 Å². The van der Waals surface area contributed by atoms with E-state index in [1.807, 2.05) is 6.07 Å². The Morgan fingerprint density at radius 3 is 2.55 bits per heavy atom. The number of nitrogens with zero attached hydrogens (tertiary/aromatic N) is 2. The van der Waals surface area contributed by atoms with E-state index in [4.69, 9.17) is 0 Å². The summed E-state index contributed by atoms with van der Waals surface area (Å²) in [7, 11) is 0. The summed E-state index contributed by atoms with van der Waals surface area (Å²) in [6.45, 7) is 1.58. The molecule has 7 nitrogen and oxygen atoms in total. The Balaban J connectivity index is 2.05. The van der Waals surface area contributed by atoms with Gasteiger partial charge in [0.25, 0.3) is 5.69 Å². The Kier molecular flexibility index (Phi) is 3.90. The summed E-state index contributed by atoms with van der Waals surface area (Å²) in [6.07, 6.45) is 1.12. The van der Waals surface area contributed by atoms with E-state index >= 15 is 0 Å². The number of urea groups is 1. The van der Waals surface area contributed by atoms with E-state index in [1.165, 1.54) is 6.07 Å². The quantitative estimate of drug-likeness (QED) is 0.663. The maximum absolute atomic E-state index is 11.7. The summed E-state index contributed by atoms with van der Waals surface area (Å²) in [6, 6.07) is 9.90. The highest BCUT2D eigenvalue weighted by molar-refractivity contribution is 5.99. The van der Waals surface area contributed by atoms with Crippen molar-refractivity contribution in [2.24, 2.45) is 0 Å². The second-order valence-corrected chi connectivity index (χ2v) is 4.06. The standard InChI is InChI=1S/C13H12N4O3/c1-9-7-12(14-8-11(9)17(19)20)16-13(18)15-10-5-3-2-4-6-10/h2-8H,1H3,(H2,14,15,16,18). The molecule has 0 aliphatic heterocycles. The number of anilines is 2. The van der Waals surface area contributed by atoms with Gasteiger partial charge in [0.05, 0.1) is 4.92 Å². The molecule has 0 unspecified atom stereocenters. The number of nitro groups is 1. The predicted octanol–water partition coefficient (Wildman–Crippen LogP) is 2.94. The summed E-state index contributed by atoms with van der Waals surface area (Å²) in [5.74, 6) is 0.251. The SMILES string of the molecule is Cc1cc(NC(=O)Nc2ccccc2)ncc1[N+](=O)[O-]. The van der Waals surface area contributed by atoms with Crippen molar-refractivity contribution in [3.63, 3.8) is 0 Å². The lowest BCUT2D eigenvalue weighted by Gasteiger charge is -2.07. The van der Waals surface area contributed by atoms with Crippen molar-refractivity contribution in [1.82, 2.24) is 4.98 Å². The molecule has 2 aromatic rings. The summed E-state index contributed by atoms with van der Waals surface area (Å²) in [5.41, 5.74) is 0.989. The number of aryl methyl sites for hydroxylation is 1. The second-order valence-electron chi connectivity index (χ2n) is 4.06. The van der Waals surface area contributed by atoms with Crippen molar-refractivity contribution in [1.29, 1.82) is 0 Å². The van der Waals surface area contributed by atoms with Crippen LogP contribution in [0.15, 0.2) is 42.6 Å². The van der Waals surface area contributed by atoms with Crippen LogP contribution in [0, 0.1) is 17.0 Å². The Morgan fingerprint density at radius 2 is 1.95 bits per heavy atom. The normalized spacial score (nSPS) is 9.85. The molecule has 2 rings (SSSR count). The Morgan fingerprint density at radius 1 is 1.25 bits per heavy atom. The molecular weight excluding hydrogens is 260 g/mol. The van der Waals surface area contributed by atoms with E-state index in [2.05, 4.69) is 15.6 Å². The molecule has 0 fully saturated rings. The maximum atomic E-state index is 11.7. The third-order valence-corrected chi connectivity index (χ3v) is 2.55. The van der Waals surface area contributed by atoms with Crippen molar-refractivity contribution in [3.8, 4) is 0 Å². The van der Waals surface area contributed by atoms with Crippen LogP contribution < -0.4 is 10.6 Å². The molecule has 1 aromatic carbocycles. The van der Waals surface area contributed by atoms with Crippen LogP contribution in [-0.2, 0) is 0 Å². The van der Waals surface area contributed by atoms with Crippen LogP contribution >= 0.6 is 0 Å². The minimum atomic E-state index is -0.518. The van der Waals surface area contributed by atoms with Gasteiger partial charge in [-0.15, -0.1) is 0 Å². The fourth-order valence-electron chi connectivity index (χ4n) is 1.61. The van der Waals surface area contributed by atoms with Gasteiger partial charge in [0, 0.05) is 11.3 Å². The number of aromatic nitrogens is 1. The van der Waals surface area contributed by atoms with Crippen LogP contribution in [0.2, 0.25) is 0 Å². The first kappa shape index (κ1) is 13.5. The van der Waals surface area contributed by atoms with Crippen molar-refractivity contribution in [2.75, 3.05) is 10.6 Å². The zero-order chi connectivity index (χ0) is 14.5. The fraction of sp³-hybridized carbons (Fsp3) is 0.0769. The number of rotatable bonds is 3. The van der Waals surface area contributed by atoms with E-state index in [1.54, 1.807) is 31.2 Å². The number of hydrogen-bond acceptors (Lipinski definition) is 4. The molecule has 0 radical (unpaired) electrons. The summed E-state index contributed by atoms with van der Waals surface area (Å²) >= 11 is 0. The second kappa shape index (κ2) is 5.79. The average Bonchev–Trinajstić information content (AvgIpc) is 2.39. The van der Waals surface area contributed by atoms with Gasteiger partial charge in [0.2, 0.25) is 0 Å². The molecule has 0 saturated heterocycles. The largest absolute Gasteiger partial charge is 0.324 e. The highest BCUT2D eigenvalue weighted by Gasteiger charge is 2.12. The van der Waals surface area contributed by atoms with Gasteiger partial charge in [-0.05, 0) is 25.1 Å². The van der Waals surface area contributed by atoms with E-state index in [-0.39, 0.29) is 11.5 Å². The molecule has 2 amide bonds. The first-order valence-corrected chi connectivity index (χ1v) is 5.80. The number of para-hydroxylation sites is 1. The highest BCUT2D eigenvalue weighted by atomic mass is 16.6. The number of carbonyl (C=O) groups is 1. The van der Waals surface area contributed by atoms with Crippen molar-refractivity contribution >= 4 is 23.2 Å². The molecule has 7 heteroatoms. The van der Waals surface area contributed by atoms with E-state index < -0.39 is 11.0 Å². The van der Waals surface area contributed by atoms with Gasteiger partial charge < -0.3 is 5.32 Å². The molecule has 1 aromatic heterocycles. The van der Waals surface area contributed by atoms with Gasteiger partial charge in [-0.2, -0.15) is 0 Å². The van der Waals surface area contributed by atoms with Gasteiger partial charge >= 0.3 is 6.03 Å². The van der Waals surface area contributed by atoms with Crippen molar-refractivity contribution in [3.05, 3.63) is 58.3 Å². The van der Waals surface area contributed by atoms with E-state index in [9.17, 15) is 14.9 Å². The van der Waals surface area contributed by atoms with Crippen LogP contribution in [0.1, 0.15) is 5.56 Å². The Bertz CT molecular complexity index is 643. The number of amides is 2. The molecule has 0 aliphatic carbocycles. The van der Waals surface area contributed by atoms with Crippen molar-refractivity contribution in [2.45, 2.75) is 6.92 Å². The first-order chi connectivity index (χ1) is 9.56.